The van der Waals surface area contributed by atoms with Gasteiger partial charge in [0, 0.05) is 18.4 Å². The Morgan fingerprint density at radius 2 is 1.91 bits per heavy atom. The molecule has 0 aromatic rings. The molecule has 1 unspecified atom stereocenters. The molecule has 0 saturated carbocycles. The van der Waals surface area contributed by atoms with E-state index < -0.39 is 5.60 Å². The highest BCUT2D eigenvalue weighted by atomic mass is 16.5. The summed E-state index contributed by atoms with van der Waals surface area (Å²) in [6.45, 7) is 9.86. The number of hydrogen-bond acceptors (Lipinski definition) is 3. The molecule has 2 atom stereocenters. The van der Waals surface area contributed by atoms with E-state index in [2.05, 4.69) is 26.8 Å². The van der Waals surface area contributed by atoms with Gasteiger partial charge in [0.05, 0.1) is 0 Å². The summed E-state index contributed by atoms with van der Waals surface area (Å²) in [5.41, 5.74) is 1.05. The van der Waals surface area contributed by atoms with Crippen molar-refractivity contribution in [2.45, 2.75) is 53.1 Å². The van der Waals surface area contributed by atoms with E-state index >= 15 is 0 Å². The number of carbonyl (C=O) groups is 2. The van der Waals surface area contributed by atoms with Crippen LogP contribution in [-0.2, 0) is 14.3 Å². The van der Waals surface area contributed by atoms with Crippen LogP contribution < -0.4 is 0 Å². The fraction of sp³-hybridized carbons (Fsp3) is 0.500. The summed E-state index contributed by atoms with van der Waals surface area (Å²) in [5.74, 6) is 1.07. The molecule has 23 heavy (non-hydrogen) atoms. The van der Waals surface area contributed by atoms with Crippen LogP contribution in [0.1, 0.15) is 47.5 Å². The molecule has 3 rings (SSSR count). The first-order chi connectivity index (χ1) is 10.6. The van der Waals surface area contributed by atoms with Gasteiger partial charge in [-0.3, -0.25) is 9.59 Å². The van der Waals surface area contributed by atoms with Crippen molar-refractivity contribution in [3.05, 3.63) is 46.8 Å². The van der Waals surface area contributed by atoms with E-state index in [-0.39, 0.29) is 22.9 Å². The Kier molecular flexibility index (Phi) is 3.51. The van der Waals surface area contributed by atoms with Crippen LogP contribution in [0.15, 0.2) is 46.8 Å². The van der Waals surface area contributed by atoms with E-state index in [1.807, 2.05) is 19.1 Å². The fourth-order valence-corrected chi connectivity index (χ4v) is 3.70. The minimum Gasteiger partial charge on any atom is -0.478 e. The summed E-state index contributed by atoms with van der Waals surface area (Å²) < 4.78 is 6.29. The van der Waals surface area contributed by atoms with E-state index in [0.717, 1.165) is 16.9 Å². The lowest BCUT2D eigenvalue weighted by molar-refractivity contribution is -0.127. The number of allylic oxidation sites excluding steroid dienone is 5. The lowest BCUT2D eigenvalue weighted by atomic mass is 9.84. The second-order valence-corrected chi connectivity index (χ2v) is 7.80. The van der Waals surface area contributed by atoms with E-state index in [0.29, 0.717) is 18.4 Å². The highest BCUT2D eigenvalue weighted by molar-refractivity contribution is 6.08. The molecular weight excluding hydrogens is 288 g/mol. The Bertz CT molecular complexity index is 715. The Morgan fingerprint density at radius 3 is 2.61 bits per heavy atom. The molecule has 0 radical (unpaired) electrons. The zero-order valence-electron chi connectivity index (χ0n) is 14.5. The molecule has 0 aromatic heterocycles. The first-order valence-corrected chi connectivity index (χ1v) is 8.22. The van der Waals surface area contributed by atoms with Crippen molar-refractivity contribution in [2.75, 3.05) is 0 Å². The number of hydrogen-bond donors (Lipinski definition) is 0. The Morgan fingerprint density at radius 1 is 1.22 bits per heavy atom. The van der Waals surface area contributed by atoms with E-state index in [9.17, 15) is 9.59 Å². The molecule has 2 heterocycles. The maximum Gasteiger partial charge on any atom is 0.210 e. The van der Waals surface area contributed by atoms with Gasteiger partial charge in [-0.15, -0.1) is 0 Å². The largest absolute Gasteiger partial charge is 0.478 e. The molecule has 3 heteroatoms. The van der Waals surface area contributed by atoms with E-state index in [4.69, 9.17) is 4.74 Å². The molecular formula is C20H24O3. The predicted molar refractivity (Wildman–Crippen MR) is 89.7 cm³/mol. The zero-order valence-corrected chi connectivity index (χ0v) is 14.5. The van der Waals surface area contributed by atoms with Crippen molar-refractivity contribution in [3.63, 3.8) is 0 Å². The van der Waals surface area contributed by atoms with Gasteiger partial charge in [0.25, 0.3) is 0 Å². The van der Waals surface area contributed by atoms with Crippen LogP contribution in [0.2, 0.25) is 0 Å². The molecule has 3 nitrogen and oxygen atoms in total. The molecule has 0 aromatic carbocycles. The van der Waals surface area contributed by atoms with Gasteiger partial charge in [0.2, 0.25) is 5.78 Å². The van der Waals surface area contributed by atoms with Crippen molar-refractivity contribution in [2.24, 2.45) is 11.3 Å². The third-order valence-corrected chi connectivity index (χ3v) is 5.03. The SMILES string of the molecule is CC1=C2CC(C)(C)/C=C\C(=O)/C(C)=C\C3=C[C@H](C)CC3(O2)C1=O. The molecule has 0 saturated heterocycles. The van der Waals surface area contributed by atoms with Gasteiger partial charge in [-0.05, 0) is 48.5 Å². The van der Waals surface area contributed by atoms with Gasteiger partial charge < -0.3 is 4.74 Å². The van der Waals surface area contributed by atoms with E-state index in [1.165, 1.54) is 0 Å². The normalized spacial score (nSPS) is 36.7. The van der Waals surface area contributed by atoms with Gasteiger partial charge in [-0.2, -0.15) is 0 Å². The minimum atomic E-state index is -0.916. The third-order valence-electron chi connectivity index (χ3n) is 5.03. The van der Waals surface area contributed by atoms with Gasteiger partial charge >= 0.3 is 0 Å². The fourth-order valence-electron chi connectivity index (χ4n) is 3.70. The lowest BCUT2D eigenvalue weighted by Gasteiger charge is -2.28. The molecule has 3 aliphatic rings. The lowest BCUT2D eigenvalue weighted by Crippen LogP contribution is -2.37. The maximum absolute atomic E-state index is 13.0. The smallest absolute Gasteiger partial charge is 0.210 e. The van der Waals surface area contributed by atoms with Gasteiger partial charge in [0.15, 0.2) is 11.4 Å². The third kappa shape index (κ3) is 2.52. The zero-order chi connectivity index (χ0) is 17.0. The first-order valence-electron chi connectivity index (χ1n) is 8.22. The van der Waals surface area contributed by atoms with Crippen molar-refractivity contribution in [1.82, 2.24) is 0 Å². The van der Waals surface area contributed by atoms with Crippen molar-refractivity contribution >= 4 is 11.6 Å². The van der Waals surface area contributed by atoms with Crippen LogP contribution in [0.4, 0.5) is 0 Å². The maximum atomic E-state index is 13.0. The van der Waals surface area contributed by atoms with E-state index in [1.54, 1.807) is 13.0 Å². The number of fused-ring (bicyclic) bond motifs is 1. The Labute approximate surface area is 137 Å². The number of rotatable bonds is 0. The summed E-state index contributed by atoms with van der Waals surface area (Å²) >= 11 is 0. The predicted octanol–water partition coefficient (Wildman–Crippen LogP) is 4.07. The van der Waals surface area contributed by atoms with Crippen molar-refractivity contribution in [1.29, 1.82) is 0 Å². The average Bonchev–Trinajstić information content (AvgIpc) is 2.88. The standard InChI is InChI=1S/C20H24O3/c1-12-8-15-9-13(2)16(21)6-7-19(4,5)11-17-14(3)18(22)20(15,10-12)23-17/h6-9,12H,10-11H2,1-5H3/b7-6-,13-9-/t12-,20?/m0/s1. The molecule has 0 fully saturated rings. The van der Waals surface area contributed by atoms with Crippen LogP contribution in [0.5, 0.6) is 0 Å². The van der Waals surface area contributed by atoms with Crippen LogP contribution >= 0.6 is 0 Å². The first kappa shape index (κ1) is 16.0. The molecule has 122 valence electrons. The summed E-state index contributed by atoms with van der Waals surface area (Å²) in [6.07, 6.45) is 8.74. The minimum absolute atomic E-state index is 0.00963. The Balaban J connectivity index is 2.17. The molecule has 1 aliphatic carbocycles. The summed E-state index contributed by atoms with van der Waals surface area (Å²) in [7, 11) is 0. The average molecular weight is 312 g/mol. The Hall–Kier alpha value is -1.90. The number of ketones is 2. The van der Waals surface area contributed by atoms with Crippen LogP contribution in [0.3, 0.4) is 0 Å². The number of ether oxygens (including phenoxy) is 1. The van der Waals surface area contributed by atoms with Crippen molar-refractivity contribution < 1.29 is 14.3 Å². The van der Waals surface area contributed by atoms with Crippen LogP contribution in [0.25, 0.3) is 0 Å². The monoisotopic (exact) mass is 312 g/mol. The second kappa shape index (κ2) is 5.05. The molecule has 0 N–H and O–H groups in total. The number of carbonyl (C=O) groups excluding carboxylic acids is 2. The summed E-state index contributed by atoms with van der Waals surface area (Å²) in [5, 5.41) is 0. The van der Waals surface area contributed by atoms with Gasteiger partial charge in [-0.1, -0.05) is 32.9 Å². The second-order valence-electron chi connectivity index (χ2n) is 7.80. The topological polar surface area (TPSA) is 43.4 Å². The van der Waals surface area contributed by atoms with Crippen molar-refractivity contribution in [3.8, 4) is 0 Å². The van der Waals surface area contributed by atoms with Gasteiger partial charge in [-0.25, -0.2) is 0 Å². The molecule has 0 amide bonds. The highest BCUT2D eigenvalue weighted by Gasteiger charge is 2.53. The number of Topliss-reactive ketones (excluding diaryl/α,β-unsaturated/α-hetero) is 1. The molecule has 1 spiro atoms. The van der Waals surface area contributed by atoms with Crippen LogP contribution in [-0.4, -0.2) is 17.2 Å². The van der Waals surface area contributed by atoms with Gasteiger partial charge in [0.1, 0.15) is 5.76 Å². The summed E-state index contributed by atoms with van der Waals surface area (Å²) in [6, 6.07) is 0. The highest BCUT2D eigenvalue weighted by Crippen LogP contribution is 2.48. The molecule has 2 bridgehead atoms. The summed E-state index contributed by atoms with van der Waals surface area (Å²) in [4.78, 5) is 25.3. The van der Waals surface area contributed by atoms with Crippen LogP contribution in [0, 0.1) is 11.3 Å². The molecule has 2 aliphatic heterocycles. The quantitative estimate of drug-likeness (QED) is 0.677.